The van der Waals surface area contributed by atoms with Gasteiger partial charge in [-0.05, 0) is 28.9 Å². The van der Waals surface area contributed by atoms with Gasteiger partial charge in [0.05, 0.1) is 11.6 Å². The van der Waals surface area contributed by atoms with Gasteiger partial charge in [-0.25, -0.2) is 0 Å². The van der Waals surface area contributed by atoms with Crippen LogP contribution in [0.1, 0.15) is 23.1 Å². The molecule has 1 aliphatic rings. The quantitative estimate of drug-likeness (QED) is 0.710. The van der Waals surface area contributed by atoms with Crippen LogP contribution in [0.5, 0.6) is 0 Å². The topological polar surface area (TPSA) is 85.2 Å². The van der Waals surface area contributed by atoms with Crippen molar-refractivity contribution >= 4 is 17.3 Å². The number of fused-ring (bicyclic) bond motifs is 1. The fraction of sp³-hybridized carbons (Fsp3) is 0.200. The van der Waals surface area contributed by atoms with E-state index in [1.165, 1.54) is 0 Å². The molecule has 4 nitrogen and oxygen atoms in total. The van der Waals surface area contributed by atoms with Gasteiger partial charge in [-0.3, -0.25) is 0 Å². The highest BCUT2D eigenvalue weighted by Gasteiger charge is 2.22. The molecule has 0 fully saturated rings. The number of rotatable bonds is 1. The van der Waals surface area contributed by atoms with Gasteiger partial charge in [0.2, 0.25) is 0 Å². The summed E-state index contributed by atoms with van der Waals surface area (Å²) in [6.07, 6.45) is 1.48. The van der Waals surface area contributed by atoms with Crippen LogP contribution in [0, 0.1) is 11.3 Å². The van der Waals surface area contributed by atoms with Crippen molar-refractivity contribution in [3.05, 3.63) is 34.9 Å². The maximum absolute atomic E-state index is 10.8. The molecule has 15 heavy (non-hydrogen) atoms. The summed E-state index contributed by atoms with van der Waals surface area (Å²) in [7, 11) is 0. The lowest BCUT2D eigenvalue weighted by Gasteiger charge is -2.00. The fourth-order valence-corrected chi connectivity index (χ4v) is 2.22. The molecular weight excluding hydrogens is 210 g/mol. The van der Waals surface area contributed by atoms with Crippen molar-refractivity contribution in [2.75, 3.05) is 0 Å². The van der Waals surface area contributed by atoms with Crippen LogP contribution in [-0.4, -0.2) is 10.3 Å². The van der Waals surface area contributed by atoms with E-state index in [9.17, 15) is 4.55 Å². The third-order valence-corrected chi connectivity index (χ3v) is 2.82. The van der Waals surface area contributed by atoms with Gasteiger partial charge in [-0.15, -0.1) is 5.14 Å². The summed E-state index contributed by atoms with van der Waals surface area (Å²) < 4.78 is 14.7. The summed E-state index contributed by atoms with van der Waals surface area (Å²) in [4.78, 5) is 0. The maximum Gasteiger partial charge on any atom is 0.188 e. The minimum absolute atomic E-state index is 0.667. The fourth-order valence-electron chi connectivity index (χ4n) is 1.81. The molecule has 0 saturated heterocycles. The highest BCUT2D eigenvalue weighted by Crippen LogP contribution is 2.25. The van der Waals surface area contributed by atoms with Gasteiger partial charge < -0.3 is 4.55 Å². The van der Waals surface area contributed by atoms with E-state index in [-0.39, 0.29) is 0 Å². The van der Waals surface area contributed by atoms with Crippen molar-refractivity contribution in [2.45, 2.75) is 12.8 Å². The molecule has 0 heterocycles. The zero-order valence-electron chi connectivity index (χ0n) is 7.93. The van der Waals surface area contributed by atoms with E-state index in [0.29, 0.717) is 12.0 Å². The van der Waals surface area contributed by atoms with E-state index in [0.717, 1.165) is 23.3 Å². The Morgan fingerprint density at radius 3 is 2.93 bits per heavy atom. The summed E-state index contributed by atoms with van der Waals surface area (Å²) in [6.45, 7) is 0. The molecule has 0 saturated carbocycles. The van der Waals surface area contributed by atoms with Crippen LogP contribution < -0.4 is 5.14 Å². The molecule has 0 radical (unpaired) electrons. The van der Waals surface area contributed by atoms with E-state index >= 15 is 0 Å². The number of benzene rings is 1. The minimum Gasteiger partial charge on any atom is -0.572 e. The molecule has 0 aliphatic heterocycles. The smallest absolute Gasteiger partial charge is 0.188 e. The highest BCUT2D eigenvalue weighted by molar-refractivity contribution is 7.88. The average molecular weight is 219 g/mol. The SMILES string of the molecule is N#Cc1cccc2c1CC/C2=N\[S@+](N)[O-]. The molecular formula is C10H9N3OS. The molecule has 2 N–H and O–H groups in total. The van der Waals surface area contributed by atoms with E-state index < -0.39 is 11.5 Å². The summed E-state index contributed by atoms with van der Waals surface area (Å²) >= 11 is -1.67. The molecule has 1 aliphatic carbocycles. The van der Waals surface area contributed by atoms with Crippen LogP contribution in [0.4, 0.5) is 0 Å². The Labute approximate surface area is 90.9 Å². The van der Waals surface area contributed by atoms with Crippen molar-refractivity contribution in [3.63, 3.8) is 0 Å². The van der Waals surface area contributed by atoms with Crippen molar-refractivity contribution in [3.8, 4) is 6.07 Å². The second-order valence-corrected chi connectivity index (χ2v) is 3.99. The Bertz CT molecular complexity index is 462. The molecule has 1 aromatic rings. The second kappa shape index (κ2) is 4.03. The Hall–Kier alpha value is -1.35. The van der Waals surface area contributed by atoms with Gasteiger partial charge in [0.15, 0.2) is 11.5 Å². The molecule has 2 rings (SSSR count). The zero-order valence-corrected chi connectivity index (χ0v) is 8.75. The molecule has 0 spiro atoms. The van der Waals surface area contributed by atoms with Crippen molar-refractivity contribution in [1.29, 1.82) is 5.26 Å². The molecule has 1 atom stereocenters. The first-order valence-electron chi connectivity index (χ1n) is 4.48. The van der Waals surface area contributed by atoms with Crippen molar-refractivity contribution < 1.29 is 4.55 Å². The molecule has 5 heteroatoms. The van der Waals surface area contributed by atoms with Gasteiger partial charge in [-0.1, -0.05) is 12.1 Å². The van der Waals surface area contributed by atoms with Gasteiger partial charge >= 0.3 is 0 Å². The van der Waals surface area contributed by atoms with Gasteiger partial charge in [0, 0.05) is 5.56 Å². The standard InChI is InChI=1S/C10H9N3OS/c11-6-7-2-1-3-9-8(7)4-5-10(9)13-15(12)14/h1-3H,4-5,12H2/b13-10+/t15-/m0/s1. The molecule has 0 amide bonds. The predicted octanol–water partition coefficient (Wildman–Crippen LogP) is 0.831. The van der Waals surface area contributed by atoms with E-state index in [4.69, 9.17) is 10.4 Å². The van der Waals surface area contributed by atoms with Crippen LogP contribution >= 0.6 is 0 Å². The Kier molecular flexibility index (Phi) is 2.73. The maximum atomic E-state index is 10.8. The van der Waals surface area contributed by atoms with Crippen LogP contribution in [0.25, 0.3) is 0 Å². The molecule has 0 aromatic heterocycles. The third kappa shape index (κ3) is 1.88. The molecule has 1 aromatic carbocycles. The largest absolute Gasteiger partial charge is 0.572 e. The first-order chi connectivity index (χ1) is 7.22. The van der Waals surface area contributed by atoms with Gasteiger partial charge in [0.1, 0.15) is 5.71 Å². The lowest BCUT2D eigenvalue weighted by atomic mass is 10.0. The number of nitriles is 1. The number of nitrogens with two attached hydrogens (primary N) is 1. The summed E-state index contributed by atoms with van der Waals surface area (Å²) in [5.41, 5.74) is 3.31. The minimum atomic E-state index is -1.67. The first-order valence-corrected chi connectivity index (χ1v) is 5.65. The summed E-state index contributed by atoms with van der Waals surface area (Å²) in [5.74, 6) is 0. The Morgan fingerprint density at radius 2 is 2.27 bits per heavy atom. The lowest BCUT2D eigenvalue weighted by molar-refractivity contribution is 0.598. The summed E-state index contributed by atoms with van der Waals surface area (Å²) in [6, 6.07) is 7.61. The molecule has 0 bridgehead atoms. The third-order valence-electron chi connectivity index (χ3n) is 2.42. The summed E-state index contributed by atoms with van der Waals surface area (Å²) in [5, 5.41) is 14.0. The van der Waals surface area contributed by atoms with Crippen LogP contribution in [0.2, 0.25) is 0 Å². The Morgan fingerprint density at radius 1 is 1.47 bits per heavy atom. The number of nitrogens with zero attached hydrogens (tertiary/aromatic N) is 2. The number of hydrogen-bond acceptors (Lipinski definition) is 4. The number of hydrogen-bond donors (Lipinski definition) is 1. The second-order valence-electron chi connectivity index (χ2n) is 3.26. The lowest BCUT2D eigenvalue weighted by Crippen LogP contribution is -2.11. The zero-order chi connectivity index (χ0) is 10.8. The highest BCUT2D eigenvalue weighted by atomic mass is 32.2. The van der Waals surface area contributed by atoms with Crippen LogP contribution in [0.3, 0.4) is 0 Å². The van der Waals surface area contributed by atoms with Gasteiger partial charge in [0.25, 0.3) is 0 Å². The predicted molar refractivity (Wildman–Crippen MR) is 58.3 cm³/mol. The van der Waals surface area contributed by atoms with Crippen molar-refractivity contribution in [2.24, 2.45) is 9.54 Å². The first kappa shape index (κ1) is 10.2. The Balaban J connectivity index is 2.49. The normalized spacial score (nSPS) is 18.6. The monoisotopic (exact) mass is 219 g/mol. The van der Waals surface area contributed by atoms with Crippen molar-refractivity contribution in [1.82, 2.24) is 0 Å². The molecule has 0 unspecified atom stereocenters. The van der Waals surface area contributed by atoms with Gasteiger partial charge in [-0.2, -0.15) is 5.26 Å². The van der Waals surface area contributed by atoms with E-state index in [2.05, 4.69) is 10.5 Å². The molecule has 76 valence electrons. The van der Waals surface area contributed by atoms with Crippen LogP contribution in [0.15, 0.2) is 22.6 Å². The van der Waals surface area contributed by atoms with Crippen LogP contribution in [-0.2, 0) is 18.0 Å². The average Bonchev–Trinajstić information content (AvgIpc) is 2.61. The van der Waals surface area contributed by atoms with E-state index in [1.54, 1.807) is 12.1 Å². The van der Waals surface area contributed by atoms with E-state index in [1.807, 2.05) is 6.07 Å².